The van der Waals surface area contributed by atoms with E-state index in [-0.39, 0.29) is 5.91 Å². The third-order valence-corrected chi connectivity index (χ3v) is 4.72. The highest BCUT2D eigenvalue weighted by molar-refractivity contribution is 9.10. The molecule has 0 aliphatic carbocycles. The van der Waals surface area contributed by atoms with Crippen LogP contribution in [0.4, 0.5) is 5.69 Å². The molecule has 1 aromatic heterocycles. The van der Waals surface area contributed by atoms with E-state index in [0.717, 1.165) is 39.6 Å². The molecule has 2 aromatic carbocycles. The van der Waals surface area contributed by atoms with Crippen molar-refractivity contribution < 1.29 is 9.21 Å². The summed E-state index contributed by atoms with van der Waals surface area (Å²) in [6, 6.07) is 11.5. The zero-order valence-electron chi connectivity index (χ0n) is 13.7. The van der Waals surface area contributed by atoms with Gasteiger partial charge in [0.25, 0.3) is 0 Å². The number of hydrogen-bond acceptors (Lipinski definition) is 3. The van der Waals surface area contributed by atoms with Crippen molar-refractivity contribution in [3.05, 3.63) is 46.4 Å². The lowest BCUT2D eigenvalue weighted by molar-refractivity contribution is -0.116. The van der Waals surface area contributed by atoms with Crippen molar-refractivity contribution in [3.63, 3.8) is 0 Å². The number of nitrogens with one attached hydrogen (secondary N) is 1. The molecule has 0 atom stereocenters. The SMILES string of the molecule is CCCCC(=O)Nc1ccc2oc(-c3ccc(Br)c(C)c3)nc2c1. The molecule has 1 N–H and O–H groups in total. The predicted molar refractivity (Wildman–Crippen MR) is 100 cm³/mol. The molecule has 1 heterocycles. The number of carbonyl (C=O) groups excluding carboxylic acids is 1. The molecule has 0 aliphatic rings. The Morgan fingerprint density at radius 1 is 1.25 bits per heavy atom. The van der Waals surface area contributed by atoms with Crippen LogP contribution in [0.25, 0.3) is 22.6 Å². The fraction of sp³-hybridized carbons (Fsp3) is 0.263. The minimum Gasteiger partial charge on any atom is -0.436 e. The second-order valence-electron chi connectivity index (χ2n) is 5.82. The second kappa shape index (κ2) is 7.18. The average Bonchev–Trinajstić information content (AvgIpc) is 2.98. The fourth-order valence-electron chi connectivity index (χ4n) is 2.47. The molecule has 0 radical (unpaired) electrons. The van der Waals surface area contributed by atoms with Gasteiger partial charge in [0.15, 0.2) is 5.58 Å². The summed E-state index contributed by atoms with van der Waals surface area (Å²) in [4.78, 5) is 16.4. The number of anilines is 1. The summed E-state index contributed by atoms with van der Waals surface area (Å²) in [6.07, 6.45) is 2.44. The molecule has 3 aromatic rings. The fourth-order valence-corrected chi connectivity index (χ4v) is 2.71. The maximum absolute atomic E-state index is 11.8. The number of oxazole rings is 1. The van der Waals surface area contributed by atoms with Crippen LogP contribution < -0.4 is 5.32 Å². The topological polar surface area (TPSA) is 55.1 Å². The van der Waals surface area contributed by atoms with Crippen LogP contribution in [-0.2, 0) is 4.79 Å². The first-order chi connectivity index (χ1) is 11.6. The highest BCUT2D eigenvalue weighted by atomic mass is 79.9. The Labute approximate surface area is 149 Å². The van der Waals surface area contributed by atoms with E-state index in [1.54, 1.807) is 0 Å². The van der Waals surface area contributed by atoms with Crippen LogP contribution in [0.2, 0.25) is 0 Å². The molecule has 0 aliphatic heterocycles. The number of fused-ring (bicyclic) bond motifs is 1. The molecule has 0 fully saturated rings. The lowest BCUT2D eigenvalue weighted by Crippen LogP contribution is -2.10. The standard InChI is InChI=1S/C19H19BrN2O2/c1-3-4-5-18(23)21-14-7-9-17-16(11-14)22-19(24-17)13-6-8-15(20)12(2)10-13/h6-11H,3-5H2,1-2H3,(H,21,23). The zero-order valence-corrected chi connectivity index (χ0v) is 15.3. The van der Waals surface area contributed by atoms with Crippen molar-refractivity contribution >= 4 is 38.6 Å². The van der Waals surface area contributed by atoms with Crippen LogP contribution in [0.15, 0.2) is 45.3 Å². The molecule has 24 heavy (non-hydrogen) atoms. The van der Waals surface area contributed by atoms with Crippen molar-refractivity contribution in [3.8, 4) is 11.5 Å². The van der Waals surface area contributed by atoms with Crippen LogP contribution in [0.3, 0.4) is 0 Å². The Hall–Kier alpha value is -2.14. The van der Waals surface area contributed by atoms with Gasteiger partial charge in [-0.1, -0.05) is 29.3 Å². The highest BCUT2D eigenvalue weighted by Crippen LogP contribution is 2.28. The quantitative estimate of drug-likeness (QED) is 0.612. The van der Waals surface area contributed by atoms with Crippen molar-refractivity contribution in [2.24, 2.45) is 0 Å². The first kappa shape index (κ1) is 16.7. The molecular formula is C19H19BrN2O2. The molecular weight excluding hydrogens is 368 g/mol. The van der Waals surface area contributed by atoms with E-state index in [4.69, 9.17) is 4.42 Å². The van der Waals surface area contributed by atoms with Gasteiger partial charge in [0.2, 0.25) is 11.8 Å². The first-order valence-corrected chi connectivity index (χ1v) is 8.83. The lowest BCUT2D eigenvalue weighted by Gasteiger charge is -2.03. The third kappa shape index (κ3) is 3.67. The Bertz CT molecular complexity index is 886. The molecule has 0 unspecified atom stereocenters. The number of halogens is 1. The number of nitrogens with zero attached hydrogens (tertiary/aromatic N) is 1. The van der Waals surface area contributed by atoms with Gasteiger partial charge in [-0.05, 0) is 55.3 Å². The van der Waals surface area contributed by atoms with Crippen molar-refractivity contribution in [2.75, 3.05) is 5.32 Å². The molecule has 0 spiro atoms. The number of benzene rings is 2. The molecule has 0 saturated carbocycles. The number of unbranched alkanes of at least 4 members (excludes halogenated alkanes) is 1. The van der Waals surface area contributed by atoms with E-state index in [2.05, 4.69) is 33.2 Å². The van der Waals surface area contributed by atoms with Gasteiger partial charge in [0.05, 0.1) is 0 Å². The van der Waals surface area contributed by atoms with Crippen LogP contribution in [0, 0.1) is 6.92 Å². The summed E-state index contributed by atoms with van der Waals surface area (Å²) < 4.78 is 6.89. The third-order valence-electron chi connectivity index (χ3n) is 3.83. The van der Waals surface area contributed by atoms with Crippen molar-refractivity contribution in [1.29, 1.82) is 0 Å². The van der Waals surface area contributed by atoms with E-state index in [9.17, 15) is 4.79 Å². The molecule has 0 saturated heterocycles. The van der Waals surface area contributed by atoms with Gasteiger partial charge in [-0.3, -0.25) is 4.79 Å². The van der Waals surface area contributed by atoms with Gasteiger partial charge in [-0.25, -0.2) is 4.98 Å². The average molecular weight is 387 g/mol. The lowest BCUT2D eigenvalue weighted by atomic mass is 10.1. The highest BCUT2D eigenvalue weighted by Gasteiger charge is 2.11. The minimum atomic E-state index is 0.0310. The molecule has 1 amide bonds. The Kier molecular flexibility index (Phi) is 5.00. The van der Waals surface area contributed by atoms with E-state index in [0.29, 0.717) is 17.9 Å². The van der Waals surface area contributed by atoms with Crippen molar-refractivity contribution in [2.45, 2.75) is 33.1 Å². The normalized spacial score (nSPS) is 11.0. The summed E-state index contributed by atoms with van der Waals surface area (Å²) in [5.41, 5.74) is 4.24. The number of amides is 1. The number of rotatable bonds is 5. The largest absolute Gasteiger partial charge is 0.436 e. The summed E-state index contributed by atoms with van der Waals surface area (Å²) in [6.45, 7) is 4.10. The molecule has 0 bridgehead atoms. The van der Waals surface area contributed by atoms with E-state index < -0.39 is 0 Å². The van der Waals surface area contributed by atoms with E-state index in [1.807, 2.05) is 43.3 Å². The monoisotopic (exact) mass is 386 g/mol. The van der Waals surface area contributed by atoms with Crippen LogP contribution in [-0.4, -0.2) is 10.9 Å². The molecule has 5 heteroatoms. The Morgan fingerprint density at radius 3 is 2.83 bits per heavy atom. The zero-order chi connectivity index (χ0) is 17.1. The molecule has 3 rings (SSSR count). The van der Waals surface area contributed by atoms with Gasteiger partial charge < -0.3 is 9.73 Å². The van der Waals surface area contributed by atoms with Gasteiger partial charge in [0.1, 0.15) is 5.52 Å². The van der Waals surface area contributed by atoms with Gasteiger partial charge >= 0.3 is 0 Å². The number of aryl methyl sites for hydroxylation is 1. The Balaban J connectivity index is 1.86. The Morgan fingerprint density at radius 2 is 2.08 bits per heavy atom. The molecule has 4 nitrogen and oxygen atoms in total. The maximum Gasteiger partial charge on any atom is 0.227 e. The number of aromatic nitrogens is 1. The predicted octanol–water partition coefficient (Wildman–Crippen LogP) is 5.69. The van der Waals surface area contributed by atoms with Crippen LogP contribution >= 0.6 is 15.9 Å². The summed E-state index contributed by atoms with van der Waals surface area (Å²) in [5.74, 6) is 0.610. The number of carbonyl (C=O) groups is 1. The van der Waals surface area contributed by atoms with Gasteiger partial charge in [-0.2, -0.15) is 0 Å². The van der Waals surface area contributed by atoms with Crippen molar-refractivity contribution in [1.82, 2.24) is 4.98 Å². The minimum absolute atomic E-state index is 0.0310. The first-order valence-electron chi connectivity index (χ1n) is 8.04. The van der Waals surface area contributed by atoms with Crippen LogP contribution in [0.5, 0.6) is 0 Å². The van der Waals surface area contributed by atoms with E-state index in [1.165, 1.54) is 0 Å². The smallest absolute Gasteiger partial charge is 0.227 e. The van der Waals surface area contributed by atoms with Gasteiger partial charge in [0, 0.05) is 22.1 Å². The van der Waals surface area contributed by atoms with Gasteiger partial charge in [-0.15, -0.1) is 0 Å². The maximum atomic E-state index is 11.8. The summed E-state index contributed by atoms with van der Waals surface area (Å²) >= 11 is 3.50. The molecule has 124 valence electrons. The van der Waals surface area contributed by atoms with E-state index >= 15 is 0 Å². The van der Waals surface area contributed by atoms with Crippen LogP contribution in [0.1, 0.15) is 31.7 Å². The second-order valence-corrected chi connectivity index (χ2v) is 6.67. The number of hydrogen-bond donors (Lipinski definition) is 1. The summed E-state index contributed by atoms with van der Waals surface area (Å²) in [5, 5.41) is 2.91. The summed E-state index contributed by atoms with van der Waals surface area (Å²) in [7, 11) is 0.